The number of nitrogens with zero attached hydrogens (tertiary/aromatic N) is 5. The Morgan fingerprint density at radius 2 is 1.96 bits per heavy atom. The molecule has 5 nitrogen and oxygen atoms in total. The molecule has 0 spiro atoms. The molecule has 0 bridgehead atoms. The maximum Gasteiger partial charge on any atom is 0.178 e. The molecule has 0 unspecified atom stereocenters. The zero-order valence-electron chi connectivity index (χ0n) is 14.7. The molecule has 0 radical (unpaired) electrons. The lowest BCUT2D eigenvalue weighted by Gasteiger charge is -2.36. The van der Waals surface area contributed by atoms with Gasteiger partial charge in [0.1, 0.15) is 5.69 Å². The average molecular weight is 325 g/mol. The molecular formula is C19H27N5. The smallest absolute Gasteiger partial charge is 0.178 e. The Balaban J connectivity index is 1.63. The van der Waals surface area contributed by atoms with Crippen molar-refractivity contribution < 1.29 is 0 Å². The lowest BCUT2D eigenvalue weighted by atomic mass is 9.98. The van der Waals surface area contributed by atoms with Crippen LogP contribution in [0.1, 0.15) is 31.2 Å². The molecule has 0 aromatic carbocycles. The van der Waals surface area contributed by atoms with Gasteiger partial charge >= 0.3 is 0 Å². The van der Waals surface area contributed by atoms with E-state index in [0.717, 1.165) is 18.8 Å². The molecule has 3 heterocycles. The summed E-state index contributed by atoms with van der Waals surface area (Å²) in [5.74, 6) is 0.696. The van der Waals surface area contributed by atoms with Crippen LogP contribution in [0, 0.1) is 0 Å². The van der Waals surface area contributed by atoms with Crippen LogP contribution in [-0.2, 0) is 6.54 Å². The fourth-order valence-corrected chi connectivity index (χ4v) is 3.30. The number of aromatic nitrogens is 3. The van der Waals surface area contributed by atoms with Crippen LogP contribution in [0.15, 0.2) is 36.8 Å². The summed E-state index contributed by atoms with van der Waals surface area (Å²) in [6.45, 7) is 3.27. The van der Waals surface area contributed by atoms with Crippen LogP contribution in [-0.4, -0.2) is 58.0 Å². The Labute approximate surface area is 144 Å². The molecule has 1 aliphatic heterocycles. The predicted molar refractivity (Wildman–Crippen MR) is 96.5 cm³/mol. The number of hydrogen-bond donors (Lipinski definition) is 0. The van der Waals surface area contributed by atoms with Gasteiger partial charge in [0.2, 0.25) is 0 Å². The Bertz CT molecular complexity index is 611. The highest BCUT2D eigenvalue weighted by Crippen LogP contribution is 2.22. The molecule has 0 N–H and O–H groups in total. The fraction of sp³-hybridized carbons (Fsp3) is 0.526. The van der Waals surface area contributed by atoms with E-state index in [-0.39, 0.29) is 0 Å². The van der Waals surface area contributed by atoms with E-state index >= 15 is 0 Å². The number of pyridine rings is 1. The van der Waals surface area contributed by atoms with E-state index in [9.17, 15) is 0 Å². The maximum atomic E-state index is 4.51. The van der Waals surface area contributed by atoms with Crippen molar-refractivity contribution in [2.24, 2.45) is 0 Å². The molecule has 24 heavy (non-hydrogen) atoms. The monoisotopic (exact) mass is 325 g/mol. The first-order chi connectivity index (χ1) is 11.7. The Kier molecular flexibility index (Phi) is 5.88. The summed E-state index contributed by atoms with van der Waals surface area (Å²) in [5.41, 5.74) is 2.01. The van der Waals surface area contributed by atoms with E-state index in [4.69, 9.17) is 0 Å². The molecule has 2 aromatic rings. The first kappa shape index (κ1) is 17.0. The summed E-state index contributed by atoms with van der Waals surface area (Å²) in [6.07, 6.45) is 10.9. The molecule has 3 rings (SSSR count). The van der Waals surface area contributed by atoms with Gasteiger partial charge in [-0.3, -0.25) is 9.88 Å². The van der Waals surface area contributed by atoms with Gasteiger partial charge in [0.25, 0.3) is 0 Å². The number of likely N-dealkylation sites (tertiary alicyclic amines) is 1. The molecule has 128 valence electrons. The third kappa shape index (κ3) is 4.58. The average Bonchev–Trinajstić information content (AvgIpc) is 2.62. The SMILES string of the molecule is CN(C)CC[C@@H]1CCCCN1Cc1cnc(-c2ccccn2)nc1. The third-order valence-electron chi connectivity index (χ3n) is 4.64. The van der Waals surface area contributed by atoms with Gasteiger partial charge in [0.05, 0.1) is 0 Å². The zero-order chi connectivity index (χ0) is 16.8. The second-order valence-corrected chi connectivity index (χ2v) is 6.84. The van der Waals surface area contributed by atoms with Crippen molar-refractivity contribution >= 4 is 0 Å². The van der Waals surface area contributed by atoms with Crippen LogP contribution < -0.4 is 0 Å². The number of piperidine rings is 1. The van der Waals surface area contributed by atoms with Crippen LogP contribution in [0.3, 0.4) is 0 Å². The van der Waals surface area contributed by atoms with Gasteiger partial charge in [-0.15, -0.1) is 0 Å². The summed E-state index contributed by atoms with van der Waals surface area (Å²) < 4.78 is 0. The lowest BCUT2D eigenvalue weighted by Crippen LogP contribution is -2.40. The van der Waals surface area contributed by atoms with Crippen LogP contribution in [0.2, 0.25) is 0 Å². The van der Waals surface area contributed by atoms with E-state index in [2.05, 4.69) is 38.8 Å². The van der Waals surface area contributed by atoms with Crippen LogP contribution in [0.25, 0.3) is 11.5 Å². The summed E-state index contributed by atoms with van der Waals surface area (Å²) in [6, 6.07) is 6.48. The maximum absolute atomic E-state index is 4.51. The first-order valence-corrected chi connectivity index (χ1v) is 8.83. The second kappa shape index (κ2) is 8.31. The van der Waals surface area contributed by atoms with Crippen molar-refractivity contribution in [3.63, 3.8) is 0 Å². The lowest BCUT2D eigenvalue weighted by molar-refractivity contribution is 0.124. The molecule has 0 saturated carbocycles. The van der Waals surface area contributed by atoms with Gasteiger partial charge in [-0.05, 0) is 58.6 Å². The van der Waals surface area contributed by atoms with Gasteiger partial charge in [0.15, 0.2) is 5.82 Å². The summed E-state index contributed by atoms with van der Waals surface area (Å²) in [5, 5.41) is 0. The fourth-order valence-electron chi connectivity index (χ4n) is 3.30. The normalized spacial score (nSPS) is 18.9. The Hall–Kier alpha value is -1.85. The molecule has 0 aliphatic carbocycles. The van der Waals surface area contributed by atoms with Crippen LogP contribution in [0.5, 0.6) is 0 Å². The topological polar surface area (TPSA) is 45.2 Å². The van der Waals surface area contributed by atoms with Crippen molar-refractivity contribution in [1.29, 1.82) is 0 Å². The van der Waals surface area contributed by atoms with E-state index < -0.39 is 0 Å². The highest BCUT2D eigenvalue weighted by molar-refractivity contribution is 5.47. The number of hydrogen-bond acceptors (Lipinski definition) is 5. The van der Waals surface area contributed by atoms with Gasteiger partial charge in [0, 0.05) is 36.7 Å². The van der Waals surface area contributed by atoms with Gasteiger partial charge in [-0.2, -0.15) is 0 Å². The van der Waals surface area contributed by atoms with Crippen LogP contribution >= 0.6 is 0 Å². The minimum absolute atomic E-state index is 0.677. The second-order valence-electron chi connectivity index (χ2n) is 6.84. The quantitative estimate of drug-likeness (QED) is 0.817. The molecule has 1 aliphatic rings. The van der Waals surface area contributed by atoms with Crippen molar-refractivity contribution in [2.75, 3.05) is 27.2 Å². The molecule has 1 saturated heterocycles. The van der Waals surface area contributed by atoms with Crippen molar-refractivity contribution in [3.8, 4) is 11.5 Å². The van der Waals surface area contributed by atoms with Crippen molar-refractivity contribution in [2.45, 2.75) is 38.3 Å². The molecule has 1 fully saturated rings. The molecule has 2 aromatic heterocycles. The molecule has 5 heteroatoms. The summed E-state index contributed by atoms with van der Waals surface area (Å²) >= 11 is 0. The van der Waals surface area contributed by atoms with Gasteiger partial charge in [-0.1, -0.05) is 12.5 Å². The van der Waals surface area contributed by atoms with E-state index in [1.807, 2.05) is 30.6 Å². The first-order valence-electron chi connectivity index (χ1n) is 8.83. The molecular weight excluding hydrogens is 298 g/mol. The minimum Gasteiger partial charge on any atom is -0.309 e. The van der Waals surface area contributed by atoms with E-state index in [0.29, 0.717) is 11.9 Å². The van der Waals surface area contributed by atoms with E-state index in [1.165, 1.54) is 37.8 Å². The van der Waals surface area contributed by atoms with Crippen molar-refractivity contribution in [1.82, 2.24) is 24.8 Å². The van der Waals surface area contributed by atoms with Crippen molar-refractivity contribution in [3.05, 3.63) is 42.4 Å². The highest BCUT2D eigenvalue weighted by Gasteiger charge is 2.22. The van der Waals surface area contributed by atoms with Crippen LogP contribution in [0.4, 0.5) is 0 Å². The van der Waals surface area contributed by atoms with Gasteiger partial charge < -0.3 is 4.90 Å². The minimum atomic E-state index is 0.677. The third-order valence-corrected chi connectivity index (χ3v) is 4.64. The summed E-state index contributed by atoms with van der Waals surface area (Å²) in [7, 11) is 4.30. The predicted octanol–water partition coefficient (Wildman–Crippen LogP) is 2.84. The summed E-state index contributed by atoms with van der Waals surface area (Å²) in [4.78, 5) is 18.2. The van der Waals surface area contributed by atoms with E-state index in [1.54, 1.807) is 6.20 Å². The standard InChI is InChI=1S/C19H27N5/c1-23(2)12-9-17-7-4-6-11-24(17)15-16-13-21-19(22-14-16)18-8-3-5-10-20-18/h3,5,8,10,13-14,17H,4,6-7,9,11-12,15H2,1-2H3/t17-/m0/s1. The molecule has 1 atom stereocenters. The Morgan fingerprint density at radius 1 is 1.12 bits per heavy atom. The largest absolute Gasteiger partial charge is 0.309 e. The number of rotatable bonds is 6. The Morgan fingerprint density at radius 3 is 2.67 bits per heavy atom. The van der Waals surface area contributed by atoms with Gasteiger partial charge in [-0.25, -0.2) is 9.97 Å². The molecule has 0 amide bonds. The highest BCUT2D eigenvalue weighted by atomic mass is 15.2. The zero-order valence-corrected chi connectivity index (χ0v) is 14.7.